The minimum atomic E-state index is -0.166. The summed E-state index contributed by atoms with van der Waals surface area (Å²) in [5, 5.41) is 6.45. The second-order valence-electron chi connectivity index (χ2n) is 6.49. The van der Waals surface area contributed by atoms with Crippen LogP contribution in [-0.2, 0) is 11.2 Å². The zero-order valence-electron chi connectivity index (χ0n) is 15.5. The average molecular weight is 393 g/mol. The van der Waals surface area contributed by atoms with E-state index in [-0.39, 0.29) is 11.8 Å². The highest BCUT2D eigenvalue weighted by Crippen LogP contribution is 2.21. The summed E-state index contributed by atoms with van der Waals surface area (Å²) >= 11 is 6.13. The normalized spacial score (nSPS) is 10.4. The van der Waals surface area contributed by atoms with E-state index in [1.54, 1.807) is 24.3 Å². The maximum absolute atomic E-state index is 12.3. The van der Waals surface area contributed by atoms with Gasteiger partial charge >= 0.3 is 0 Å². The van der Waals surface area contributed by atoms with E-state index in [1.807, 2.05) is 55.5 Å². The molecule has 3 aromatic carbocycles. The fourth-order valence-corrected chi connectivity index (χ4v) is 3.07. The van der Waals surface area contributed by atoms with Gasteiger partial charge in [0.1, 0.15) is 0 Å². The summed E-state index contributed by atoms with van der Waals surface area (Å²) < 4.78 is 0. The Morgan fingerprint density at radius 1 is 0.893 bits per heavy atom. The predicted octanol–water partition coefficient (Wildman–Crippen LogP) is 5.47. The molecule has 0 aliphatic carbocycles. The molecule has 28 heavy (non-hydrogen) atoms. The third-order valence-corrected chi connectivity index (χ3v) is 4.74. The summed E-state index contributed by atoms with van der Waals surface area (Å²) in [7, 11) is 0. The van der Waals surface area contributed by atoms with Gasteiger partial charge in [0.25, 0.3) is 5.91 Å². The number of benzene rings is 3. The van der Waals surface area contributed by atoms with E-state index in [1.165, 1.54) is 0 Å². The van der Waals surface area contributed by atoms with Crippen LogP contribution in [0.15, 0.2) is 72.8 Å². The molecule has 3 aromatic rings. The molecule has 0 bridgehead atoms. The molecule has 3 rings (SSSR count). The van der Waals surface area contributed by atoms with Crippen molar-refractivity contribution in [2.24, 2.45) is 0 Å². The first-order chi connectivity index (χ1) is 13.5. The first kappa shape index (κ1) is 19.6. The number of rotatable bonds is 6. The van der Waals surface area contributed by atoms with Gasteiger partial charge in [0, 0.05) is 28.4 Å². The lowest BCUT2D eigenvalue weighted by Crippen LogP contribution is -2.14. The van der Waals surface area contributed by atoms with E-state index in [4.69, 9.17) is 11.6 Å². The van der Waals surface area contributed by atoms with Gasteiger partial charge < -0.3 is 10.6 Å². The number of hydrogen-bond donors (Lipinski definition) is 2. The molecule has 0 saturated carbocycles. The molecule has 0 unspecified atom stereocenters. The Morgan fingerprint density at radius 2 is 1.61 bits per heavy atom. The maximum atomic E-state index is 12.3. The lowest BCUT2D eigenvalue weighted by molar-refractivity contribution is -0.116. The van der Waals surface area contributed by atoms with Gasteiger partial charge in [0.15, 0.2) is 0 Å². The Morgan fingerprint density at radius 3 is 2.32 bits per heavy atom. The van der Waals surface area contributed by atoms with Crippen LogP contribution in [0.4, 0.5) is 11.4 Å². The second kappa shape index (κ2) is 9.20. The fraction of sp³-hybridized carbons (Fsp3) is 0.130. The van der Waals surface area contributed by atoms with E-state index >= 15 is 0 Å². The van der Waals surface area contributed by atoms with Crippen LogP contribution in [0.3, 0.4) is 0 Å². The van der Waals surface area contributed by atoms with Crippen molar-refractivity contribution in [1.29, 1.82) is 0 Å². The molecule has 0 spiro atoms. The van der Waals surface area contributed by atoms with Gasteiger partial charge in [-0.05, 0) is 60.9 Å². The highest BCUT2D eigenvalue weighted by atomic mass is 35.5. The lowest BCUT2D eigenvalue weighted by atomic mass is 10.1. The van der Waals surface area contributed by atoms with E-state index in [0.717, 1.165) is 11.1 Å². The summed E-state index contributed by atoms with van der Waals surface area (Å²) in [6.45, 7) is 1.89. The summed E-state index contributed by atoms with van der Waals surface area (Å²) in [5.41, 5.74) is 3.82. The molecule has 0 atom stereocenters. The lowest BCUT2D eigenvalue weighted by Gasteiger charge is -2.11. The van der Waals surface area contributed by atoms with Crippen molar-refractivity contribution in [1.82, 2.24) is 0 Å². The molecule has 5 heteroatoms. The number of halogens is 1. The predicted molar refractivity (Wildman–Crippen MR) is 114 cm³/mol. The molecule has 2 N–H and O–H groups in total. The molecule has 0 aliphatic rings. The molecule has 0 aliphatic heterocycles. The minimum absolute atomic E-state index is 0.0830. The number of anilines is 2. The highest BCUT2D eigenvalue weighted by molar-refractivity contribution is 6.31. The zero-order chi connectivity index (χ0) is 19.9. The third-order valence-electron chi connectivity index (χ3n) is 4.37. The van der Waals surface area contributed by atoms with Crippen molar-refractivity contribution in [2.75, 3.05) is 10.6 Å². The molecule has 0 fully saturated rings. The van der Waals surface area contributed by atoms with Crippen LogP contribution in [0.25, 0.3) is 0 Å². The summed E-state index contributed by atoms with van der Waals surface area (Å²) in [4.78, 5) is 24.5. The number of amides is 2. The van der Waals surface area contributed by atoms with E-state index in [9.17, 15) is 9.59 Å². The topological polar surface area (TPSA) is 58.2 Å². The Kier molecular flexibility index (Phi) is 6.45. The van der Waals surface area contributed by atoms with Crippen molar-refractivity contribution < 1.29 is 9.59 Å². The van der Waals surface area contributed by atoms with Crippen LogP contribution in [0.1, 0.15) is 27.9 Å². The summed E-state index contributed by atoms with van der Waals surface area (Å²) in [5.74, 6) is -0.249. The Labute approximate surface area is 169 Å². The molecule has 0 radical (unpaired) electrons. The second-order valence-corrected chi connectivity index (χ2v) is 6.90. The van der Waals surface area contributed by atoms with Crippen LogP contribution >= 0.6 is 11.6 Å². The van der Waals surface area contributed by atoms with Crippen LogP contribution in [-0.4, -0.2) is 11.8 Å². The number of carbonyl (C=O) groups excluding carboxylic acids is 2. The SMILES string of the molecule is Cc1cc(NC(=O)CCc2ccccc2Cl)ccc1NC(=O)c1ccccc1. The average Bonchev–Trinajstić information content (AvgIpc) is 2.70. The van der Waals surface area contributed by atoms with Gasteiger partial charge in [0.05, 0.1) is 0 Å². The van der Waals surface area contributed by atoms with Crippen molar-refractivity contribution in [3.05, 3.63) is 94.5 Å². The number of hydrogen-bond acceptors (Lipinski definition) is 2. The molecule has 0 heterocycles. The maximum Gasteiger partial charge on any atom is 0.255 e. The molecular formula is C23H21ClN2O2. The largest absolute Gasteiger partial charge is 0.326 e. The third kappa shape index (κ3) is 5.21. The van der Waals surface area contributed by atoms with Crippen molar-refractivity contribution in [3.63, 3.8) is 0 Å². The van der Waals surface area contributed by atoms with Crippen molar-refractivity contribution >= 4 is 34.8 Å². The monoisotopic (exact) mass is 392 g/mol. The summed E-state index contributed by atoms with van der Waals surface area (Å²) in [6, 6.07) is 22.0. The Hall–Kier alpha value is -3.11. The zero-order valence-corrected chi connectivity index (χ0v) is 16.3. The molecular weight excluding hydrogens is 372 g/mol. The molecule has 2 amide bonds. The van der Waals surface area contributed by atoms with Gasteiger partial charge in [-0.25, -0.2) is 0 Å². The van der Waals surface area contributed by atoms with Gasteiger partial charge in [0.2, 0.25) is 5.91 Å². The molecule has 142 valence electrons. The van der Waals surface area contributed by atoms with Crippen LogP contribution in [0, 0.1) is 6.92 Å². The smallest absolute Gasteiger partial charge is 0.255 e. The van der Waals surface area contributed by atoms with E-state index < -0.39 is 0 Å². The first-order valence-electron chi connectivity index (χ1n) is 9.03. The molecule has 4 nitrogen and oxygen atoms in total. The molecule has 0 saturated heterocycles. The Bertz CT molecular complexity index is 987. The minimum Gasteiger partial charge on any atom is -0.326 e. The van der Waals surface area contributed by atoms with Crippen molar-refractivity contribution in [3.8, 4) is 0 Å². The van der Waals surface area contributed by atoms with Gasteiger partial charge in [-0.15, -0.1) is 0 Å². The van der Waals surface area contributed by atoms with Crippen LogP contribution in [0.2, 0.25) is 5.02 Å². The van der Waals surface area contributed by atoms with Gasteiger partial charge in [-0.1, -0.05) is 48.0 Å². The summed E-state index contributed by atoms with van der Waals surface area (Å²) in [6.07, 6.45) is 0.922. The van der Waals surface area contributed by atoms with Crippen LogP contribution < -0.4 is 10.6 Å². The number of carbonyl (C=O) groups is 2. The number of aryl methyl sites for hydroxylation is 2. The standard InChI is InChI=1S/C23H21ClN2O2/c1-16-15-19(25-22(27)14-11-17-7-5-6-10-20(17)24)12-13-21(16)26-23(28)18-8-3-2-4-9-18/h2-10,12-13,15H,11,14H2,1H3,(H,25,27)(H,26,28). The number of nitrogens with one attached hydrogen (secondary N) is 2. The van der Waals surface area contributed by atoms with Gasteiger partial charge in [-0.3, -0.25) is 9.59 Å². The van der Waals surface area contributed by atoms with Crippen LogP contribution in [0.5, 0.6) is 0 Å². The fourth-order valence-electron chi connectivity index (χ4n) is 2.84. The first-order valence-corrected chi connectivity index (χ1v) is 9.41. The molecule has 0 aromatic heterocycles. The highest BCUT2D eigenvalue weighted by Gasteiger charge is 2.09. The Balaban J connectivity index is 1.58. The van der Waals surface area contributed by atoms with E-state index in [0.29, 0.717) is 34.8 Å². The van der Waals surface area contributed by atoms with Gasteiger partial charge in [-0.2, -0.15) is 0 Å². The quantitative estimate of drug-likeness (QED) is 0.584. The van der Waals surface area contributed by atoms with Crippen molar-refractivity contribution in [2.45, 2.75) is 19.8 Å². The van der Waals surface area contributed by atoms with E-state index in [2.05, 4.69) is 10.6 Å².